The summed E-state index contributed by atoms with van der Waals surface area (Å²) in [6, 6.07) is 8.06. The molecule has 86 valence electrons. The topological polar surface area (TPSA) is 32.3 Å². The van der Waals surface area contributed by atoms with Crippen LogP contribution in [-0.4, -0.2) is 25.5 Å². The Kier molecular flexibility index (Phi) is 3.25. The van der Waals surface area contributed by atoms with Gasteiger partial charge in [-0.2, -0.15) is 0 Å². The normalized spacial score (nSPS) is 16.8. The lowest BCUT2D eigenvalue weighted by Gasteiger charge is -2.31. The van der Waals surface area contributed by atoms with Gasteiger partial charge < -0.3 is 10.2 Å². The van der Waals surface area contributed by atoms with E-state index in [0.29, 0.717) is 0 Å². The first kappa shape index (κ1) is 11.1. The number of hydrogen-bond donors (Lipinski definition) is 1. The van der Waals surface area contributed by atoms with Crippen LogP contribution >= 0.6 is 0 Å². The molecule has 0 aliphatic carbocycles. The van der Waals surface area contributed by atoms with Gasteiger partial charge >= 0.3 is 0 Å². The average molecular weight is 218 g/mol. The van der Waals surface area contributed by atoms with Crippen molar-refractivity contribution in [3.8, 4) is 0 Å². The highest BCUT2D eigenvalue weighted by molar-refractivity contribution is 5.97. The number of amides is 1. The van der Waals surface area contributed by atoms with E-state index in [1.165, 1.54) is 5.56 Å². The van der Waals surface area contributed by atoms with Crippen molar-refractivity contribution >= 4 is 11.6 Å². The third kappa shape index (κ3) is 1.95. The van der Waals surface area contributed by atoms with E-state index in [1.54, 1.807) is 0 Å². The molecule has 0 aromatic heterocycles. The lowest BCUT2D eigenvalue weighted by atomic mass is 10.0. The SMILES string of the molecule is CNC(C)C(=O)N1CCCc2ccccc21. The van der Waals surface area contributed by atoms with Gasteiger partial charge in [-0.3, -0.25) is 4.79 Å². The Hall–Kier alpha value is -1.35. The van der Waals surface area contributed by atoms with Crippen molar-refractivity contribution in [2.75, 3.05) is 18.5 Å². The van der Waals surface area contributed by atoms with Gasteiger partial charge in [-0.15, -0.1) is 0 Å². The Labute approximate surface area is 96.5 Å². The molecule has 0 bridgehead atoms. The predicted octanol–water partition coefficient (Wildman–Crippen LogP) is 1.57. The van der Waals surface area contributed by atoms with E-state index in [-0.39, 0.29) is 11.9 Å². The Balaban J connectivity index is 2.28. The summed E-state index contributed by atoms with van der Waals surface area (Å²) in [5.74, 6) is 0.162. The van der Waals surface area contributed by atoms with Gasteiger partial charge in [0.15, 0.2) is 0 Å². The van der Waals surface area contributed by atoms with Gasteiger partial charge in [-0.1, -0.05) is 18.2 Å². The largest absolute Gasteiger partial charge is 0.311 e. The van der Waals surface area contributed by atoms with Crippen LogP contribution in [0.1, 0.15) is 18.9 Å². The van der Waals surface area contributed by atoms with Crippen molar-refractivity contribution < 1.29 is 4.79 Å². The molecule has 1 heterocycles. The maximum Gasteiger partial charge on any atom is 0.243 e. The third-order valence-corrected chi connectivity index (χ3v) is 3.18. The minimum Gasteiger partial charge on any atom is -0.311 e. The lowest BCUT2D eigenvalue weighted by molar-refractivity contribution is -0.120. The van der Waals surface area contributed by atoms with Gasteiger partial charge in [0.05, 0.1) is 6.04 Å². The Morgan fingerprint density at radius 1 is 1.44 bits per heavy atom. The quantitative estimate of drug-likeness (QED) is 0.817. The van der Waals surface area contributed by atoms with E-state index in [1.807, 2.05) is 37.1 Å². The molecule has 2 rings (SSSR count). The highest BCUT2D eigenvalue weighted by Gasteiger charge is 2.24. The molecular formula is C13H18N2O. The van der Waals surface area contributed by atoms with Gasteiger partial charge in [0.1, 0.15) is 0 Å². The molecule has 1 aromatic rings. The van der Waals surface area contributed by atoms with Gasteiger partial charge in [-0.05, 0) is 38.4 Å². The van der Waals surface area contributed by atoms with E-state index in [0.717, 1.165) is 25.1 Å². The number of likely N-dealkylation sites (N-methyl/N-ethyl adjacent to an activating group) is 1. The van der Waals surface area contributed by atoms with Crippen LogP contribution in [0.5, 0.6) is 0 Å². The van der Waals surface area contributed by atoms with Crippen LogP contribution in [0.15, 0.2) is 24.3 Å². The molecule has 0 fully saturated rings. The Morgan fingerprint density at radius 3 is 2.94 bits per heavy atom. The molecule has 1 aliphatic rings. The van der Waals surface area contributed by atoms with E-state index < -0.39 is 0 Å². The number of fused-ring (bicyclic) bond motifs is 1. The molecule has 1 unspecified atom stereocenters. The number of rotatable bonds is 2. The number of benzene rings is 1. The van der Waals surface area contributed by atoms with Crippen molar-refractivity contribution in [2.24, 2.45) is 0 Å². The van der Waals surface area contributed by atoms with Crippen molar-refractivity contribution in [3.05, 3.63) is 29.8 Å². The summed E-state index contributed by atoms with van der Waals surface area (Å²) in [7, 11) is 1.82. The van der Waals surface area contributed by atoms with Crippen LogP contribution in [0.25, 0.3) is 0 Å². The van der Waals surface area contributed by atoms with Crippen LogP contribution in [0, 0.1) is 0 Å². The van der Waals surface area contributed by atoms with E-state index in [2.05, 4.69) is 11.4 Å². The molecule has 0 radical (unpaired) electrons. The minimum absolute atomic E-state index is 0.119. The van der Waals surface area contributed by atoms with Crippen LogP contribution in [0.4, 0.5) is 5.69 Å². The van der Waals surface area contributed by atoms with E-state index in [4.69, 9.17) is 0 Å². The number of carbonyl (C=O) groups excluding carboxylic acids is 1. The van der Waals surface area contributed by atoms with E-state index in [9.17, 15) is 4.79 Å². The Morgan fingerprint density at radius 2 is 2.19 bits per heavy atom. The van der Waals surface area contributed by atoms with Crippen LogP contribution < -0.4 is 10.2 Å². The summed E-state index contributed by atoms with van der Waals surface area (Å²) in [6.45, 7) is 2.74. The van der Waals surface area contributed by atoms with Crippen molar-refractivity contribution in [3.63, 3.8) is 0 Å². The maximum absolute atomic E-state index is 12.2. The van der Waals surface area contributed by atoms with Crippen LogP contribution in [0.2, 0.25) is 0 Å². The molecule has 1 aliphatic heterocycles. The molecule has 16 heavy (non-hydrogen) atoms. The summed E-state index contributed by atoms with van der Waals surface area (Å²) in [6.07, 6.45) is 2.13. The molecule has 1 amide bonds. The van der Waals surface area contributed by atoms with Gasteiger partial charge in [0.2, 0.25) is 5.91 Å². The first-order chi connectivity index (χ1) is 7.74. The van der Waals surface area contributed by atoms with Gasteiger partial charge in [0, 0.05) is 12.2 Å². The fraction of sp³-hybridized carbons (Fsp3) is 0.462. The highest BCUT2D eigenvalue weighted by Crippen LogP contribution is 2.26. The second-order valence-corrected chi connectivity index (χ2v) is 4.23. The smallest absolute Gasteiger partial charge is 0.243 e. The van der Waals surface area contributed by atoms with Crippen LogP contribution in [-0.2, 0) is 11.2 Å². The summed E-state index contributed by atoms with van der Waals surface area (Å²) in [5, 5.41) is 3.00. The molecule has 0 saturated heterocycles. The zero-order chi connectivity index (χ0) is 11.5. The van der Waals surface area contributed by atoms with Crippen LogP contribution in [0.3, 0.4) is 0 Å². The second kappa shape index (κ2) is 4.66. The number of anilines is 1. The number of carbonyl (C=O) groups is 1. The number of nitrogens with one attached hydrogen (secondary N) is 1. The Bertz CT molecular complexity index is 389. The molecule has 1 aromatic carbocycles. The highest BCUT2D eigenvalue weighted by atomic mass is 16.2. The summed E-state index contributed by atoms with van der Waals surface area (Å²) >= 11 is 0. The summed E-state index contributed by atoms with van der Waals surface area (Å²) in [4.78, 5) is 14.1. The standard InChI is InChI=1S/C13H18N2O/c1-10(14-2)13(16)15-9-5-7-11-6-3-4-8-12(11)15/h3-4,6,8,10,14H,5,7,9H2,1-2H3. The third-order valence-electron chi connectivity index (χ3n) is 3.18. The van der Waals surface area contributed by atoms with Crippen molar-refractivity contribution in [1.82, 2.24) is 5.32 Å². The monoisotopic (exact) mass is 218 g/mol. The molecule has 3 nitrogen and oxygen atoms in total. The fourth-order valence-electron chi connectivity index (χ4n) is 2.12. The molecule has 0 saturated carbocycles. The minimum atomic E-state index is -0.119. The van der Waals surface area contributed by atoms with Gasteiger partial charge in [-0.25, -0.2) is 0 Å². The summed E-state index contributed by atoms with van der Waals surface area (Å²) in [5.41, 5.74) is 2.37. The van der Waals surface area contributed by atoms with E-state index >= 15 is 0 Å². The molecule has 1 N–H and O–H groups in total. The lowest BCUT2D eigenvalue weighted by Crippen LogP contribution is -2.45. The number of nitrogens with zero attached hydrogens (tertiary/aromatic N) is 1. The van der Waals surface area contributed by atoms with Gasteiger partial charge in [0.25, 0.3) is 0 Å². The number of aryl methyl sites for hydroxylation is 1. The molecule has 1 atom stereocenters. The first-order valence-electron chi connectivity index (χ1n) is 5.80. The second-order valence-electron chi connectivity index (χ2n) is 4.23. The molecule has 0 spiro atoms. The fourth-order valence-corrected chi connectivity index (χ4v) is 2.12. The zero-order valence-corrected chi connectivity index (χ0v) is 9.86. The van der Waals surface area contributed by atoms with Crippen molar-refractivity contribution in [1.29, 1.82) is 0 Å². The predicted molar refractivity (Wildman–Crippen MR) is 65.6 cm³/mol. The molecule has 3 heteroatoms. The van der Waals surface area contributed by atoms with Crippen molar-refractivity contribution in [2.45, 2.75) is 25.8 Å². The first-order valence-corrected chi connectivity index (χ1v) is 5.80. The number of hydrogen-bond acceptors (Lipinski definition) is 2. The number of para-hydroxylation sites is 1. The summed E-state index contributed by atoms with van der Waals surface area (Å²) < 4.78 is 0. The average Bonchev–Trinajstić information content (AvgIpc) is 2.36. The maximum atomic E-state index is 12.2. The molecular weight excluding hydrogens is 200 g/mol. The zero-order valence-electron chi connectivity index (χ0n) is 9.86.